The molecule has 6 aliphatic rings. The van der Waals surface area contributed by atoms with E-state index < -0.39 is 10.8 Å². The van der Waals surface area contributed by atoms with Crippen LogP contribution in [0.4, 0.5) is 22.7 Å². The minimum absolute atomic E-state index is 0.0654. The van der Waals surface area contributed by atoms with Crippen LogP contribution in [0.2, 0.25) is 0 Å². The fourth-order valence-corrected chi connectivity index (χ4v) is 15.2. The van der Waals surface area contributed by atoms with Crippen LogP contribution in [0.25, 0.3) is 44.5 Å². The Morgan fingerprint density at radius 2 is 0.542 bits per heavy atom. The number of hydrogen-bond donors (Lipinski definition) is 0. The highest BCUT2D eigenvalue weighted by Gasteiger charge is 2.59. The molecule has 6 aliphatic heterocycles. The molecule has 0 aliphatic carbocycles. The molecule has 0 unspecified atom stereocenters. The molecule has 0 spiro atoms. The van der Waals surface area contributed by atoms with Crippen LogP contribution in [-0.4, -0.2) is 13.7 Å². The van der Waals surface area contributed by atoms with Gasteiger partial charge in [0, 0.05) is 33.9 Å². The summed E-state index contributed by atoms with van der Waals surface area (Å²) in [6, 6.07) is 97.1. The Bertz CT molecular complexity index is 3780. The number of para-hydroxylation sites is 4. The first kappa shape index (κ1) is 38.9. The smallest absolute Gasteiger partial charge is 0.330 e. The van der Waals surface area contributed by atoms with Gasteiger partial charge < -0.3 is 9.62 Å². The topological polar surface area (TPSA) is 6.48 Å². The van der Waals surface area contributed by atoms with Gasteiger partial charge in [0.25, 0.3) is 0 Å². The van der Waals surface area contributed by atoms with E-state index in [2.05, 4.69) is 264 Å². The number of nitrogens with zero attached hydrogens (tertiary/aromatic N) is 2. The predicted octanol–water partition coefficient (Wildman–Crippen LogP) is 12.9. The largest absolute Gasteiger partial charge is 0.376 e. The summed E-state index contributed by atoms with van der Waals surface area (Å²) in [5.41, 5.74) is 30.6. The van der Waals surface area contributed by atoms with Gasteiger partial charge in [-0.2, -0.15) is 0 Å². The monoisotopic (exact) mass is 908 g/mol. The lowest BCUT2D eigenvalue weighted by Crippen LogP contribution is -2.60. The van der Waals surface area contributed by atoms with Crippen molar-refractivity contribution in [2.24, 2.45) is 0 Å². The molecule has 4 heteroatoms. The number of benzene rings is 11. The first-order chi connectivity index (χ1) is 35.8. The minimum Gasteiger partial charge on any atom is -0.376 e. The van der Waals surface area contributed by atoms with E-state index >= 15 is 0 Å². The van der Waals surface area contributed by atoms with E-state index in [1.54, 1.807) is 0 Å². The summed E-state index contributed by atoms with van der Waals surface area (Å²) in [6.45, 7) is -0.131. The molecule has 11 aromatic carbocycles. The SMILES string of the molecule is c1ccc(C2(c3ccccc3)c3ccccc3N3B4c5ccccc5-c5c4c(c4c6c5-c5ccccc5B6N5c6ccccc6C(c6ccccc6)(c6ccccc6)c6cccc-4c65)-c4cccc2c43)cc1. The number of fused-ring (bicyclic) bond motifs is 16. The van der Waals surface area contributed by atoms with Crippen LogP contribution in [0.5, 0.6) is 0 Å². The van der Waals surface area contributed by atoms with E-state index in [1.807, 2.05) is 0 Å². The highest BCUT2D eigenvalue weighted by atomic mass is 15.1. The lowest BCUT2D eigenvalue weighted by atomic mass is 9.42. The van der Waals surface area contributed by atoms with Crippen LogP contribution < -0.4 is 31.5 Å². The molecule has 330 valence electrons. The summed E-state index contributed by atoms with van der Waals surface area (Å²) in [5.74, 6) is 0. The Balaban J connectivity index is 1.08. The van der Waals surface area contributed by atoms with E-state index in [0.717, 1.165) is 0 Å². The maximum atomic E-state index is 2.76. The van der Waals surface area contributed by atoms with Gasteiger partial charge in [-0.1, -0.05) is 243 Å². The lowest BCUT2D eigenvalue weighted by molar-refractivity contribution is 0.734. The quantitative estimate of drug-likeness (QED) is 0.162. The Morgan fingerprint density at radius 1 is 0.250 bits per heavy atom. The van der Waals surface area contributed by atoms with E-state index in [-0.39, 0.29) is 13.7 Å². The molecular formula is C68H42B2N2. The van der Waals surface area contributed by atoms with Crippen molar-refractivity contribution in [3.8, 4) is 44.5 Å². The summed E-state index contributed by atoms with van der Waals surface area (Å²) >= 11 is 0. The van der Waals surface area contributed by atoms with Crippen molar-refractivity contribution in [3.05, 3.63) is 299 Å². The molecule has 0 bridgehead atoms. The van der Waals surface area contributed by atoms with Crippen molar-refractivity contribution in [2.75, 3.05) is 9.62 Å². The molecule has 6 heterocycles. The van der Waals surface area contributed by atoms with Crippen LogP contribution in [0, 0.1) is 0 Å². The first-order valence-corrected chi connectivity index (χ1v) is 25.5. The van der Waals surface area contributed by atoms with Crippen molar-refractivity contribution in [2.45, 2.75) is 10.8 Å². The maximum Gasteiger partial charge on any atom is 0.330 e. The average Bonchev–Trinajstić information content (AvgIpc) is 3.98. The summed E-state index contributed by atoms with van der Waals surface area (Å²) in [4.78, 5) is 5.53. The van der Waals surface area contributed by atoms with Gasteiger partial charge in [0.1, 0.15) is 0 Å². The van der Waals surface area contributed by atoms with Crippen LogP contribution in [0.15, 0.2) is 255 Å². The zero-order valence-corrected chi connectivity index (χ0v) is 39.3. The fraction of sp³-hybridized carbons (Fsp3) is 0.0294. The third-order valence-electron chi connectivity index (χ3n) is 17.6. The van der Waals surface area contributed by atoms with Gasteiger partial charge in [-0.25, -0.2) is 0 Å². The second-order valence-electron chi connectivity index (χ2n) is 20.4. The minimum atomic E-state index is -0.594. The lowest BCUT2D eigenvalue weighted by Gasteiger charge is -2.52. The molecule has 0 saturated heterocycles. The number of hydrogen-bond acceptors (Lipinski definition) is 2. The molecule has 0 saturated carbocycles. The van der Waals surface area contributed by atoms with Gasteiger partial charge in [-0.3, -0.25) is 0 Å². The van der Waals surface area contributed by atoms with Gasteiger partial charge in [0.2, 0.25) is 0 Å². The molecule has 0 amide bonds. The van der Waals surface area contributed by atoms with E-state index in [4.69, 9.17) is 0 Å². The van der Waals surface area contributed by atoms with Crippen LogP contribution in [0.3, 0.4) is 0 Å². The summed E-state index contributed by atoms with van der Waals surface area (Å²) in [6.07, 6.45) is 0. The number of rotatable bonds is 4. The standard InChI is InChI=1S/C68H42B2N2/c1-5-23-43(24-6-1)67(44-25-7-2-8-26-44)51-35-15-19-41-57(51)71-65-49(33-21-37-53(65)67)61-62-50-34-22-38-54-66(50)72(58-42-20-16-36-52(58)68(54,45-27-9-3-10-28-45)46-29-11-4-12-30-46)70-56-40-18-14-32-48(56)60(64(62)70)59-47-31-13-17-39-55(47)69(71)63(59)61/h1-42H. The van der Waals surface area contributed by atoms with Gasteiger partial charge in [-0.15, -0.1) is 0 Å². The molecule has 0 N–H and O–H groups in total. The van der Waals surface area contributed by atoms with Gasteiger partial charge >= 0.3 is 13.7 Å². The van der Waals surface area contributed by atoms with E-state index in [1.165, 1.54) is 134 Å². The number of anilines is 4. The Kier molecular flexibility index (Phi) is 7.53. The van der Waals surface area contributed by atoms with Crippen molar-refractivity contribution < 1.29 is 0 Å². The predicted molar refractivity (Wildman–Crippen MR) is 299 cm³/mol. The highest BCUT2D eigenvalue weighted by Crippen LogP contribution is 2.65. The highest BCUT2D eigenvalue weighted by molar-refractivity contribution is 6.99. The normalized spacial score (nSPS) is 15.3. The van der Waals surface area contributed by atoms with E-state index in [9.17, 15) is 0 Å². The molecule has 0 atom stereocenters. The Morgan fingerprint density at radius 3 is 0.931 bits per heavy atom. The molecule has 0 fully saturated rings. The van der Waals surface area contributed by atoms with E-state index in [0.29, 0.717) is 0 Å². The second-order valence-corrected chi connectivity index (χ2v) is 20.4. The summed E-state index contributed by atoms with van der Waals surface area (Å²) in [7, 11) is 0. The van der Waals surface area contributed by atoms with Gasteiger partial charge in [-0.05, 0) is 112 Å². The molecule has 11 aromatic rings. The molecule has 72 heavy (non-hydrogen) atoms. The molecule has 2 nitrogen and oxygen atoms in total. The second kappa shape index (κ2) is 13.9. The van der Waals surface area contributed by atoms with Crippen LogP contribution >= 0.6 is 0 Å². The third kappa shape index (κ3) is 4.44. The van der Waals surface area contributed by atoms with Crippen molar-refractivity contribution in [1.82, 2.24) is 0 Å². The molecule has 0 radical (unpaired) electrons. The summed E-state index contributed by atoms with van der Waals surface area (Å²) < 4.78 is 0. The average molecular weight is 909 g/mol. The Hall–Kier alpha value is -8.85. The summed E-state index contributed by atoms with van der Waals surface area (Å²) in [5, 5.41) is 0. The van der Waals surface area contributed by atoms with Crippen LogP contribution in [-0.2, 0) is 10.8 Å². The maximum absolute atomic E-state index is 2.76. The third-order valence-corrected chi connectivity index (χ3v) is 17.6. The van der Waals surface area contributed by atoms with Crippen molar-refractivity contribution >= 4 is 58.3 Å². The zero-order valence-electron chi connectivity index (χ0n) is 39.3. The fourth-order valence-electron chi connectivity index (χ4n) is 15.2. The molecular weight excluding hydrogens is 866 g/mol. The van der Waals surface area contributed by atoms with Gasteiger partial charge in [0.15, 0.2) is 0 Å². The van der Waals surface area contributed by atoms with Gasteiger partial charge in [0.05, 0.1) is 10.8 Å². The Labute approximate surface area is 420 Å². The van der Waals surface area contributed by atoms with Crippen molar-refractivity contribution in [1.29, 1.82) is 0 Å². The van der Waals surface area contributed by atoms with Crippen molar-refractivity contribution in [3.63, 3.8) is 0 Å². The zero-order chi connectivity index (χ0) is 46.9. The first-order valence-electron chi connectivity index (χ1n) is 25.5. The van der Waals surface area contributed by atoms with Crippen LogP contribution in [0.1, 0.15) is 44.5 Å². The molecule has 0 aromatic heterocycles. The molecule has 17 rings (SSSR count).